The number of hydrogen-bond acceptors (Lipinski definition) is 2. The summed E-state index contributed by atoms with van der Waals surface area (Å²) in [6.07, 6.45) is 1.62. The van der Waals surface area contributed by atoms with Gasteiger partial charge in [-0.1, -0.05) is 33.7 Å². The quantitative estimate of drug-likeness (QED) is 0.420. The molecule has 0 saturated heterocycles. The minimum Gasteiger partial charge on any atom is -0.458 e. The lowest BCUT2D eigenvalue weighted by Crippen LogP contribution is -2.03. The van der Waals surface area contributed by atoms with Gasteiger partial charge in [-0.25, -0.2) is 4.79 Å². The Balaban J connectivity index is 2.40. The van der Waals surface area contributed by atoms with Gasteiger partial charge in [-0.05, 0) is 18.3 Å². The van der Waals surface area contributed by atoms with E-state index in [1.807, 2.05) is 18.2 Å². The first-order valence-corrected chi connectivity index (χ1v) is 5.69. The minimum atomic E-state index is -0.221. The lowest BCUT2D eigenvalue weighted by atomic mass is 10.2. The summed E-state index contributed by atoms with van der Waals surface area (Å²) in [5.41, 5.74) is 0.628. The molecule has 0 saturated carbocycles. The van der Waals surface area contributed by atoms with Crippen molar-refractivity contribution in [2.24, 2.45) is 0 Å². The second kappa shape index (κ2) is 5.71. The van der Waals surface area contributed by atoms with Gasteiger partial charge in [0.05, 0.1) is 5.56 Å². The molecule has 1 rings (SSSR count). The first-order chi connectivity index (χ1) is 6.34. The standard InChI is InChI=1S/C10H13O2P/c1-2-13-8-12-10(11)9-6-4-3-5-7-9/h3-7,13H,2,8H2,1H3. The average molecular weight is 196 g/mol. The third-order valence-corrected chi connectivity index (χ3v) is 2.41. The zero-order valence-corrected chi connectivity index (χ0v) is 8.62. The molecule has 0 fully saturated rings. The van der Waals surface area contributed by atoms with Crippen LogP contribution in [0, 0.1) is 0 Å². The highest BCUT2D eigenvalue weighted by atomic mass is 31.1. The molecule has 1 atom stereocenters. The lowest BCUT2D eigenvalue weighted by molar-refractivity contribution is 0.0577. The Bertz CT molecular complexity index is 259. The fourth-order valence-electron chi connectivity index (χ4n) is 0.876. The molecule has 0 aliphatic carbocycles. The summed E-state index contributed by atoms with van der Waals surface area (Å²) in [5.74, 6) is -0.221. The second-order valence-corrected chi connectivity index (χ2v) is 4.04. The van der Waals surface area contributed by atoms with Crippen LogP contribution in [0.5, 0.6) is 0 Å². The van der Waals surface area contributed by atoms with Gasteiger partial charge in [0.2, 0.25) is 0 Å². The van der Waals surface area contributed by atoms with E-state index >= 15 is 0 Å². The van der Waals surface area contributed by atoms with Gasteiger partial charge in [-0.15, -0.1) is 0 Å². The highest BCUT2D eigenvalue weighted by Gasteiger charge is 2.03. The van der Waals surface area contributed by atoms with E-state index in [0.717, 1.165) is 6.16 Å². The smallest absolute Gasteiger partial charge is 0.338 e. The third-order valence-electron chi connectivity index (χ3n) is 1.56. The van der Waals surface area contributed by atoms with E-state index in [4.69, 9.17) is 4.74 Å². The third kappa shape index (κ3) is 3.56. The monoisotopic (exact) mass is 196 g/mol. The van der Waals surface area contributed by atoms with Gasteiger partial charge in [-0.3, -0.25) is 0 Å². The van der Waals surface area contributed by atoms with Crippen molar-refractivity contribution in [3.05, 3.63) is 35.9 Å². The van der Waals surface area contributed by atoms with Gasteiger partial charge in [0.15, 0.2) is 0 Å². The Hall–Kier alpha value is -0.880. The maximum Gasteiger partial charge on any atom is 0.338 e. The Labute approximate surface area is 80.1 Å². The van der Waals surface area contributed by atoms with E-state index in [9.17, 15) is 4.79 Å². The highest BCUT2D eigenvalue weighted by Crippen LogP contribution is 2.10. The Morgan fingerprint density at radius 1 is 1.38 bits per heavy atom. The molecule has 0 aliphatic rings. The van der Waals surface area contributed by atoms with Crippen LogP contribution in [0.1, 0.15) is 17.3 Å². The van der Waals surface area contributed by atoms with Crippen LogP contribution in [0.4, 0.5) is 0 Å². The molecule has 1 aromatic carbocycles. The van der Waals surface area contributed by atoms with Crippen LogP contribution in [-0.2, 0) is 4.74 Å². The molecule has 2 nitrogen and oxygen atoms in total. The Morgan fingerprint density at radius 3 is 2.69 bits per heavy atom. The average Bonchev–Trinajstić information content (AvgIpc) is 2.19. The number of hydrogen-bond donors (Lipinski definition) is 0. The molecule has 0 spiro atoms. The number of carbonyl (C=O) groups excluding carboxylic acids is 1. The van der Waals surface area contributed by atoms with Crippen molar-refractivity contribution in [1.82, 2.24) is 0 Å². The molecule has 1 aromatic rings. The van der Waals surface area contributed by atoms with Crippen molar-refractivity contribution in [1.29, 1.82) is 0 Å². The highest BCUT2D eigenvalue weighted by molar-refractivity contribution is 7.37. The first-order valence-electron chi connectivity index (χ1n) is 4.27. The SMILES string of the molecule is CCPCOC(=O)c1ccccc1. The summed E-state index contributed by atoms with van der Waals surface area (Å²) >= 11 is 0. The van der Waals surface area contributed by atoms with E-state index in [1.54, 1.807) is 12.1 Å². The zero-order chi connectivity index (χ0) is 9.52. The molecule has 0 amide bonds. The van der Waals surface area contributed by atoms with Crippen molar-refractivity contribution in [3.8, 4) is 0 Å². The number of rotatable bonds is 4. The summed E-state index contributed by atoms with van der Waals surface area (Å²) in [7, 11) is 0.710. The van der Waals surface area contributed by atoms with E-state index in [2.05, 4.69) is 6.92 Å². The van der Waals surface area contributed by atoms with Crippen molar-refractivity contribution in [3.63, 3.8) is 0 Å². The molecule has 0 heterocycles. The predicted molar refractivity (Wildman–Crippen MR) is 55.6 cm³/mol. The van der Waals surface area contributed by atoms with Crippen molar-refractivity contribution >= 4 is 14.6 Å². The van der Waals surface area contributed by atoms with Crippen LogP contribution < -0.4 is 0 Å². The van der Waals surface area contributed by atoms with E-state index in [-0.39, 0.29) is 5.97 Å². The number of esters is 1. The van der Waals surface area contributed by atoms with E-state index in [1.165, 1.54) is 0 Å². The molecule has 0 radical (unpaired) electrons. The molecule has 0 aliphatic heterocycles. The van der Waals surface area contributed by atoms with Gasteiger partial charge >= 0.3 is 5.97 Å². The van der Waals surface area contributed by atoms with Gasteiger partial charge < -0.3 is 4.74 Å². The van der Waals surface area contributed by atoms with Crippen molar-refractivity contribution in [2.45, 2.75) is 6.92 Å². The second-order valence-electron chi connectivity index (χ2n) is 2.55. The van der Waals surface area contributed by atoms with Crippen LogP contribution >= 0.6 is 8.58 Å². The fourth-order valence-corrected chi connectivity index (χ4v) is 1.31. The molecular formula is C10H13O2P. The van der Waals surface area contributed by atoms with Gasteiger partial charge in [0.1, 0.15) is 6.35 Å². The molecule has 13 heavy (non-hydrogen) atoms. The van der Waals surface area contributed by atoms with Crippen LogP contribution in [0.25, 0.3) is 0 Å². The fraction of sp³-hybridized carbons (Fsp3) is 0.300. The predicted octanol–water partition coefficient (Wildman–Crippen LogP) is 2.50. The summed E-state index contributed by atoms with van der Waals surface area (Å²) < 4.78 is 5.04. The topological polar surface area (TPSA) is 26.3 Å². The molecule has 0 N–H and O–H groups in total. The molecule has 1 unspecified atom stereocenters. The number of carbonyl (C=O) groups is 1. The van der Waals surface area contributed by atoms with Crippen LogP contribution in [0.3, 0.4) is 0 Å². The maximum absolute atomic E-state index is 11.3. The number of ether oxygens (including phenoxy) is 1. The largest absolute Gasteiger partial charge is 0.458 e. The molecule has 3 heteroatoms. The van der Waals surface area contributed by atoms with Crippen LogP contribution in [-0.4, -0.2) is 18.5 Å². The van der Waals surface area contributed by atoms with Crippen molar-refractivity contribution in [2.75, 3.05) is 12.5 Å². The molecule has 0 bridgehead atoms. The van der Waals surface area contributed by atoms with Crippen molar-refractivity contribution < 1.29 is 9.53 Å². The zero-order valence-electron chi connectivity index (χ0n) is 7.62. The lowest BCUT2D eigenvalue weighted by Gasteiger charge is -2.02. The molecular weight excluding hydrogens is 183 g/mol. The summed E-state index contributed by atoms with van der Waals surface area (Å²) in [6, 6.07) is 9.07. The van der Waals surface area contributed by atoms with E-state index < -0.39 is 0 Å². The number of benzene rings is 1. The molecule has 0 aromatic heterocycles. The van der Waals surface area contributed by atoms with Gasteiger partial charge in [0.25, 0.3) is 0 Å². The summed E-state index contributed by atoms with van der Waals surface area (Å²) in [6.45, 7) is 2.08. The summed E-state index contributed by atoms with van der Waals surface area (Å²) in [5, 5.41) is 0. The Morgan fingerprint density at radius 2 is 2.08 bits per heavy atom. The van der Waals surface area contributed by atoms with Crippen LogP contribution in [0.15, 0.2) is 30.3 Å². The van der Waals surface area contributed by atoms with Gasteiger partial charge in [0, 0.05) is 0 Å². The normalized spacial score (nSPS) is 10.5. The molecule has 70 valence electrons. The van der Waals surface area contributed by atoms with Gasteiger partial charge in [-0.2, -0.15) is 0 Å². The minimum absolute atomic E-state index is 0.221. The maximum atomic E-state index is 11.3. The Kier molecular flexibility index (Phi) is 4.48. The summed E-state index contributed by atoms with van der Waals surface area (Å²) in [4.78, 5) is 11.3. The van der Waals surface area contributed by atoms with Crippen LogP contribution in [0.2, 0.25) is 0 Å². The first kappa shape index (κ1) is 10.2. The van der Waals surface area contributed by atoms with E-state index in [0.29, 0.717) is 20.5 Å².